The van der Waals surface area contributed by atoms with Gasteiger partial charge in [-0.05, 0) is 44.2 Å². The number of carbonyl (C=O) groups excluding carboxylic acids is 1. The highest BCUT2D eigenvalue weighted by Gasteiger charge is 2.24. The van der Waals surface area contributed by atoms with Crippen molar-refractivity contribution in [3.63, 3.8) is 0 Å². The Balaban J connectivity index is 1.49. The number of fused-ring (bicyclic) bond motifs is 1. The van der Waals surface area contributed by atoms with Gasteiger partial charge in [0, 0.05) is 43.8 Å². The molecule has 1 aliphatic heterocycles. The molecule has 1 saturated heterocycles. The number of piperazine rings is 1. The zero-order valence-electron chi connectivity index (χ0n) is 16.2. The first-order valence-electron chi connectivity index (χ1n) is 9.69. The smallest absolute Gasteiger partial charge is 0.328 e. The summed E-state index contributed by atoms with van der Waals surface area (Å²) < 4.78 is 15.6. The van der Waals surface area contributed by atoms with Crippen molar-refractivity contribution in [2.75, 3.05) is 36.4 Å². The molecule has 6 heteroatoms. The second kappa shape index (κ2) is 7.54. The number of para-hydroxylation sites is 1. The maximum Gasteiger partial charge on any atom is 0.328 e. The van der Waals surface area contributed by atoms with E-state index in [0.717, 1.165) is 22.3 Å². The molecular formula is C22H25FN4O. The van der Waals surface area contributed by atoms with Gasteiger partial charge >= 0.3 is 6.03 Å². The van der Waals surface area contributed by atoms with E-state index in [1.165, 1.54) is 6.07 Å². The van der Waals surface area contributed by atoms with Crippen molar-refractivity contribution in [2.24, 2.45) is 0 Å². The fraction of sp³-hybridized carbons (Fsp3) is 0.318. The summed E-state index contributed by atoms with van der Waals surface area (Å²) in [4.78, 5) is 17.0. The molecule has 2 heterocycles. The van der Waals surface area contributed by atoms with Gasteiger partial charge in [-0.15, -0.1) is 0 Å². The highest BCUT2D eigenvalue weighted by atomic mass is 19.1. The molecule has 4 rings (SSSR count). The van der Waals surface area contributed by atoms with Crippen molar-refractivity contribution < 1.29 is 9.18 Å². The molecule has 1 aliphatic rings. The lowest BCUT2D eigenvalue weighted by atomic mass is 10.2. The van der Waals surface area contributed by atoms with E-state index < -0.39 is 0 Å². The zero-order chi connectivity index (χ0) is 19.7. The van der Waals surface area contributed by atoms with E-state index >= 15 is 0 Å². The second-order valence-corrected chi connectivity index (χ2v) is 7.46. The molecule has 0 bridgehead atoms. The van der Waals surface area contributed by atoms with Gasteiger partial charge in [0.05, 0.1) is 16.9 Å². The van der Waals surface area contributed by atoms with Crippen LogP contribution in [0.15, 0.2) is 54.7 Å². The minimum atomic E-state index is -0.248. The second-order valence-electron chi connectivity index (χ2n) is 7.46. The molecule has 2 aromatic carbocycles. The highest BCUT2D eigenvalue weighted by molar-refractivity contribution is 5.91. The molecule has 0 spiro atoms. The van der Waals surface area contributed by atoms with Gasteiger partial charge in [0.15, 0.2) is 0 Å². The predicted octanol–water partition coefficient (Wildman–Crippen LogP) is 4.39. The summed E-state index contributed by atoms with van der Waals surface area (Å²) in [5, 5.41) is 4.44. The van der Waals surface area contributed by atoms with Crippen molar-refractivity contribution in [3.05, 3.63) is 60.5 Å². The summed E-state index contributed by atoms with van der Waals surface area (Å²) in [5.74, 6) is -0.248. The number of hydrogen-bond acceptors (Lipinski definition) is 3. The molecule has 1 N–H and O–H groups in total. The van der Waals surface area contributed by atoms with Crippen LogP contribution in [0.4, 0.5) is 20.6 Å². The molecule has 0 unspecified atom stereocenters. The maximum absolute atomic E-state index is 13.9. The summed E-state index contributed by atoms with van der Waals surface area (Å²) in [6.45, 7) is 6.66. The molecule has 1 amide bonds. The van der Waals surface area contributed by atoms with Crippen molar-refractivity contribution in [1.29, 1.82) is 0 Å². The van der Waals surface area contributed by atoms with Crippen molar-refractivity contribution in [2.45, 2.75) is 19.9 Å². The Kier molecular flexibility index (Phi) is 4.94. The average molecular weight is 380 g/mol. The van der Waals surface area contributed by atoms with E-state index in [9.17, 15) is 9.18 Å². The van der Waals surface area contributed by atoms with Crippen LogP contribution in [0.5, 0.6) is 0 Å². The molecule has 0 saturated carbocycles. The number of carbonyl (C=O) groups is 1. The van der Waals surface area contributed by atoms with Crippen LogP contribution >= 0.6 is 0 Å². The Morgan fingerprint density at radius 1 is 1.04 bits per heavy atom. The van der Waals surface area contributed by atoms with Gasteiger partial charge in [-0.25, -0.2) is 9.18 Å². The summed E-state index contributed by atoms with van der Waals surface area (Å²) >= 11 is 0. The highest BCUT2D eigenvalue weighted by Crippen LogP contribution is 2.29. The lowest BCUT2D eigenvalue weighted by molar-refractivity contribution is 0.197. The fourth-order valence-corrected chi connectivity index (χ4v) is 3.74. The van der Waals surface area contributed by atoms with Crippen molar-refractivity contribution >= 4 is 28.3 Å². The van der Waals surface area contributed by atoms with Crippen LogP contribution in [0.2, 0.25) is 0 Å². The van der Waals surface area contributed by atoms with Crippen LogP contribution < -0.4 is 10.2 Å². The first-order valence-corrected chi connectivity index (χ1v) is 9.69. The molecule has 1 fully saturated rings. The predicted molar refractivity (Wildman–Crippen MR) is 112 cm³/mol. The fourth-order valence-electron chi connectivity index (χ4n) is 3.74. The van der Waals surface area contributed by atoms with Crippen molar-refractivity contribution in [3.8, 4) is 0 Å². The Bertz CT molecular complexity index is 989. The van der Waals surface area contributed by atoms with Gasteiger partial charge in [0.2, 0.25) is 0 Å². The number of nitrogens with zero attached hydrogens (tertiary/aromatic N) is 3. The van der Waals surface area contributed by atoms with Crippen LogP contribution in [0.25, 0.3) is 10.9 Å². The number of benzene rings is 2. The van der Waals surface area contributed by atoms with E-state index in [1.807, 2.05) is 41.4 Å². The standard InChI is InChI=1S/C22H25FN4O/c1-16(2)24-19-8-7-18(23)15-21(19)25-11-13-26(14-12-25)22(28)27-10-9-17-5-3-4-6-20(17)27/h3-10,15-16,24H,11-14H2,1-2H3. The Labute approximate surface area is 164 Å². The van der Waals surface area contributed by atoms with Crippen LogP contribution in [-0.4, -0.2) is 47.7 Å². The third-order valence-corrected chi connectivity index (χ3v) is 5.10. The molecule has 0 atom stereocenters. The molecular weight excluding hydrogens is 355 g/mol. The van der Waals surface area contributed by atoms with E-state index in [0.29, 0.717) is 26.2 Å². The van der Waals surface area contributed by atoms with Gasteiger partial charge < -0.3 is 15.1 Å². The SMILES string of the molecule is CC(C)Nc1ccc(F)cc1N1CCN(C(=O)n2ccc3ccccc32)CC1. The van der Waals surface area contributed by atoms with Crippen LogP contribution in [-0.2, 0) is 0 Å². The molecule has 5 nitrogen and oxygen atoms in total. The molecule has 0 aliphatic carbocycles. The number of amides is 1. The monoisotopic (exact) mass is 380 g/mol. The van der Waals surface area contributed by atoms with E-state index in [4.69, 9.17) is 0 Å². The minimum Gasteiger partial charge on any atom is -0.381 e. The number of aromatic nitrogens is 1. The number of halogens is 1. The number of hydrogen-bond donors (Lipinski definition) is 1. The maximum atomic E-state index is 13.9. The lowest BCUT2D eigenvalue weighted by Gasteiger charge is -2.37. The summed E-state index contributed by atoms with van der Waals surface area (Å²) in [6.07, 6.45) is 1.83. The average Bonchev–Trinajstić information content (AvgIpc) is 3.13. The van der Waals surface area contributed by atoms with Crippen LogP contribution in [0.1, 0.15) is 13.8 Å². The molecule has 0 radical (unpaired) electrons. The van der Waals surface area contributed by atoms with E-state index in [-0.39, 0.29) is 17.9 Å². The van der Waals surface area contributed by atoms with Gasteiger partial charge in [0.25, 0.3) is 0 Å². The quantitative estimate of drug-likeness (QED) is 0.733. The third kappa shape index (κ3) is 3.54. The van der Waals surface area contributed by atoms with Gasteiger partial charge in [-0.2, -0.15) is 0 Å². The largest absolute Gasteiger partial charge is 0.381 e. The topological polar surface area (TPSA) is 40.5 Å². The van der Waals surface area contributed by atoms with Crippen LogP contribution in [0, 0.1) is 5.82 Å². The summed E-state index contributed by atoms with van der Waals surface area (Å²) in [7, 11) is 0. The van der Waals surface area contributed by atoms with Crippen molar-refractivity contribution in [1.82, 2.24) is 9.47 Å². The van der Waals surface area contributed by atoms with E-state index in [1.54, 1.807) is 16.7 Å². The summed E-state index contributed by atoms with van der Waals surface area (Å²) in [6, 6.07) is 14.9. The molecule has 28 heavy (non-hydrogen) atoms. The zero-order valence-corrected chi connectivity index (χ0v) is 16.2. The van der Waals surface area contributed by atoms with E-state index in [2.05, 4.69) is 24.1 Å². The Hall–Kier alpha value is -3.02. The first kappa shape index (κ1) is 18.3. The molecule has 3 aromatic rings. The Morgan fingerprint density at radius 2 is 1.79 bits per heavy atom. The number of rotatable bonds is 3. The van der Waals surface area contributed by atoms with Gasteiger partial charge in [-0.3, -0.25) is 4.57 Å². The third-order valence-electron chi connectivity index (χ3n) is 5.10. The van der Waals surface area contributed by atoms with Gasteiger partial charge in [0.1, 0.15) is 5.82 Å². The van der Waals surface area contributed by atoms with Gasteiger partial charge in [-0.1, -0.05) is 18.2 Å². The first-order chi connectivity index (χ1) is 13.5. The van der Waals surface area contributed by atoms with Crippen LogP contribution in [0.3, 0.4) is 0 Å². The number of anilines is 2. The summed E-state index contributed by atoms with van der Waals surface area (Å²) in [5.41, 5.74) is 2.70. The normalized spacial score (nSPS) is 14.7. The minimum absolute atomic E-state index is 0.0133. The Morgan fingerprint density at radius 3 is 2.54 bits per heavy atom. The lowest BCUT2D eigenvalue weighted by Crippen LogP contribution is -2.50. The number of nitrogens with one attached hydrogen (secondary N) is 1. The molecule has 146 valence electrons. The molecule has 1 aromatic heterocycles.